The lowest BCUT2D eigenvalue weighted by atomic mass is 10.2. The number of ether oxygens (including phenoxy) is 3. The molecule has 6 nitrogen and oxygen atoms in total. The van der Waals surface area contributed by atoms with E-state index < -0.39 is 18.0 Å². The number of carbonyl (C=O) groups is 2. The Hall–Kier alpha value is -2.73. The van der Waals surface area contributed by atoms with Crippen molar-refractivity contribution in [1.82, 2.24) is 0 Å². The Bertz CT molecular complexity index is 808. The molecule has 0 aliphatic rings. The van der Waals surface area contributed by atoms with Crippen molar-refractivity contribution in [3.63, 3.8) is 0 Å². The van der Waals surface area contributed by atoms with Crippen molar-refractivity contribution in [2.45, 2.75) is 33.0 Å². The summed E-state index contributed by atoms with van der Waals surface area (Å²) in [6, 6.07) is 11.8. The molecule has 0 unspecified atom stereocenters. The summed E-state index contributed by atoms with van der Waals surface area (Å²) in [6.45, 7) is 5.20. The number of para-hydroxylation sites is 1. The van der Waals surface area contributed by atoms with Gasteiger partial charge in [0.15, 0.2) is 17.6 Å². The second kappa shape index (κ2) is 9.28. The molecule has 1 atom stereocenters. The lowest BCUT2D eigenvalue weighted by Gasteiger charge is -2.17. The maximum atomic E-state index is 12.4. The number of carbonyl (C=O) groups excluding carboxylic acids is 2. The normalized spacial score (nSPS) is 11.6. The number of nitrogens with one attached hydrogen (secondary N) is 1. The molecule has 0 aromatic heterocycles. The van der Waals surface area contributed by atoms with Crippen LogP contribution in [0.5, 0.6) is 11.5 Å². The fourth-order valence-electron chi connectivity index (χ4n) is 2.24. The topological polar surface area (TPSA) is 73.9 Å². The second-order valence-electron chi connectivity index (χ2n) is 6.06. The molecule has 7 heteroatoms. The van der Waals surface area contributed by atoms with E-state index in [0.717, 1.165) is 0 Å². The van der Waals surface area contributed by atoms with Crippen LogP contribution in [0.15, 0.2) is 42.5 Å². The molecule has 0 saturated carbocycles. The van der Waals surface area contributed by atoms with Gasteiger partial charge in [-0.2, -0.15) is 0 Å². The van der Waals surface area contributed by atoms with E-state index >= 15 is 0 Å². The number of amides is 1. The highest BCUT2D eigenvalue weighted by Crippen LogP contribution is 2.37. The van der Waals surface area contributed by atoms with E-state index in [1.807, 2.05) is 19.9 Å². The van der Waals surface area contributed by atoms with Crippen molar-refractivity contribution in [1.29, 1.82) is 0 Å². The molecule has 0 fully saturated rings. The van der Waals surface area contributed by atoms with Crippen molar-refractivity contribution in [2.24, 2.45) is 0 Å². The molecular formula is C20H22ClNO5. The number of benzene rings is 2. The molecule has 0 radical (unpaired) electrons. The van der Waals surface area contributed by atoms with Crippen LogP contribution in [0.25, 0.3) is 0 Å². The number of anilines is 1. The van der Waals surface area contributed by atoms with Crippen LogP contribution in [0, 0.1) is 0 Å². The van der Waals surface area contributed by atoms with Crippen molar-refractivity contribution in [3.05, 3.63) is 53.1 Å². The molecule has 2 aromatic carbocycles. The van der Waals surface area contributed by atoms with E-state index in [0.29, 0.717) is 17.2 Å². The van der Waals surface area contributed by atoms with Crippen LogP contribution in [-0.2, 0) is 9.53 Å². The monoisotopic (exact) mass is 391 g/mol. The maximum absolute atomic E-state index is 12.4. The first-order chi connectivity index (χ1) is 12.8. The summed E-state index contributed by atoms with van der Waals surface area (Å²) < 4.78 is 16.1. The van der Waals surface area contributed by atoms with Crippen LogP contribution in [-0.4, -0.2) is 31.2 Å². The summed E-state index contributed by atoms with van der Waals surface area (Å²) in [5, 5.41) is 2.90. The van der Waals surface area contributed by atoms with Crippen LogP contribution >= 0.6 is 11.6 Å². The Morgan fingerprint density at radius 1 is 1.07 bits per heavy atom. The lowest BCUT2D eigenvalue weighted by molar-refractivity contribution is -0.123. The van der Waals surface area contributed by atoms with Crippen LogP contribution in [0.3, 0.4) is 0 Å². The first kappa shape index (κ1) is 20.6. The minimum absolute atomic E-state index is 0.115. The van der Waals surface area contributed by atoms with E-state index in [-0.39, 0.29) is 16.7 Å². The quantitative estimate of drug-likeness (QED) is 0.711. The highest BCUT2D eigenvalue weighted by Gasteiger charge is 2.22. The zero-order valence-electron chi connectivity index (χ0n) is 15.6. The largest absolute Gasteiger partial charge is 0.493 e. The Kier molecular flexibility index (Phi) is 7.07. The smallest absolute Gasteiger partial charge is 0.339 e. The summed E-state index contributed by atoms with van der Waals surface area (Å²) in [6.07, 6.45) is -1.11. The van der Waals surface area contributed by atoms with Crippen molar-refractivity contribution in [3.8, 4) is 11.5 Å². The lowest BCUT2D eigenvalue weighted by Crippen LogP contribution is -2.30. The van der Waals surface area contributed by atoms with Crippen LogP contribution < -0.4 is 14.8 Å². The predicted octanol–water partition coefficient (Wildman–Crippen LogP) is 4.32. The Morgan fingerprint density at radius 2 is 1.74 bits per heavy atom. The first-order valence-corrected chi connectivity index (χ1v) is 8.80. The van der Waals surface area contributed by atoms with Gasteiger partial charge in [0.2, 0.25) is 0 Å². The van der Waals surface area contributed by atoms with Gasteiger partial charge in [0.05, 0.1) is 23.8 Å². The van der Waals surface area contributed by atoms with Gasteiger partial charge >= 0.3 is 5.97 Å². The van der Waals surface area contributed by atoms with Gasteiger partial charge in [-0.25, -0.2) is 4.79 Å². The number of hydrogen-bond acceptors (Lipinski definition) is 5. The third-order valence-corrected chi connectivity index (χ3v) is 3.79. The van der Waals surface area contributed by atoms with Gasteiger partial charge in [-0.3, -0.25) is 4.79 Å². The number of rotatable bonds is 7. The highest BCUT2D eigenvalue weighted by atomic mass is 35.5. The van der Waals surface area contributed by atoms with E-state index in [1.54, 1.807) is 24.3 Å². The van der Waals surface area contributed by atoms with Gasteiger partial charge in [-0.1, -0.05) is 29.8 Å². The molecule has 0 spiro atoms. The minimum atomic E-state index is -0.992. The Morgan fingerprint density at radius 3 is 2.33 bits per heavy atom. The molecule has 1 amide bonds. The number of hydrogen-bond donors (Lipinski definition) is 1. The number of esters is 1. The fraction of sp³-hybridized carbons (Fsp3) is 0.300. The van der Waals surface area contributed by atoms with E-state index in [9.17, 15) is 9.59 Å². The summed E-state index contributed by atoms with van der Waals surface area (Å²) in [5.41, 5.74) is 0.776. The molecule has 1 N–H and O–H groups in total. The van der Waals surface area contributed by atoms with Gasteiger partial charge in [0, 0.05) is 5.69 Å². The van der Waals surface area contributed by atoms with Crippen LogP contribution in [0.2, 0.25) is 5.02 Å². The molecule has 2 aromatic rings. The van der Waals surface area contributed by atoms with Crippen molar-refractivity contribution in [2.75, 3.05) is 12.4 Å². The fourth-order valence-corrected chi connectivity index (χ4v) is 2.49. The van der Waals surface area contributed by atoms with Crippen LogP contribution in [0.1, 0.15) is 31.1 Å². The van der Waals surface area contributed by atoms with Gasteiger partial charge in [-0.05, 0) is 45.0 Å². The van der Waals surface area contributed by atoms with E-state index in [4.69, 9.17) is 25.8 Å². The van der Waals surface area contributed by atoms with Gasteiger partial charge in [0.1, 0.15) is 0 Å². The molecule has 0 bridgehead atoms. The third kappa shape index (κ3) is 5.62. The zero-order valence-corrected chi connectivity index (χ0v) is 16.4. The maximum Gasteiger partial charge on any atom is 0.339 e. The zero-order chi connectivity index (χ0) is 20.0. The first-order valence-electron chi connectivity index (χ1n) is 8.43. The molecular weight excluding hydrogens is 370 g/mol. The molecule has 144 valence electrons. The predicted molar refractivity (Wildman–Crippen MR) is 104 cm³/mol. The molecule has 2 rings (SSSR count). The molecule has 0 heterocycles. The average Bonchev–Trinajstić information content (AvgIpc) is 2.63. The molecule has 0 aliphatic heterocycles. The Labute approximate surface area is 163 Å². The van der Waals surface area contributed by atoms with Gasteiger partial charge in [0.25, 0.3) is 5.91 Å². The highest BCUT2D eigenvalue weighted by molar-refractivity contribution is 6.32. The standard InChI is InChI=1S/C20H22ClNO5/c1-12(2)26-18-16(21)10-14(11-17(18)25-4)20(24)27-13(3)19(23)22-15-8-6-5-7-9-15/h5-13H,1-4H3,(H,22,23)/t13-/m0/s1. The number of halogens is 1. The van der Waals surface area contributed by atoms with E-state index in [2.05, 4.69) is 5.32 Å². The Balaban J connectivity index is 2.10. The average molecular weight is 392 g/mol. The summed E-state index contributed by atoms with van der Waals surface area (Å²) in [4.78, 5) is 24.6. The van der Waals surface area contributed by atoms with E-state index in [1.165, 1.54) is 26.2 Å². The number of methoxy groups -OCH3 is 1. The van der Waals surface area contributed by atoms with Crippen molar-refractivity contribution < 1.29 is 23.8 Å². The SMILES string of the molecule is COc1cc(C(=O)O[C@@H](C)C(=O)Nc2ccccc2)cc(Cl)c1OC(C)C. The molecule has 27 heavy (non-hydrogen) atoms. The molecule has 0 aliphatic carbocycles. The van der Waals surface area contributed by atoms with Crippen molar-refractivity contribution >= 4 is 29.2 Å². The summed E-state index contributed by atoms with van der Waals surface area (Å²) in [5.74, 6) is -0.473. The molecule has 0 saturated heterocycles. The van der Waals surface area contributed by atoms with Gasteiger partial charge in [-0.15, -0.1) is 0 Å². The third-order valence-electron chi connectivity index (χ3n) is 3.51. The second-order valence-corrected chi connectivity index (χ2v) is 6.47. The minimum Gasteiger partial charge on any atom is -0.493 e. The summed E-state index contributed by atoms with van der Waals surface area (Å²) >= 11 is 6.22. The summed E-state index contributed by atoms with van der Waals surface area (Å²) in [7, 11) is 1.45. The van der Waals surface area contributed by atoms with Crippen LogP contribution in [0.4, 0.5) is 5.69 Å². The van der Waals surface area contributed by atoms with Gasteiger partial charge < -0.3 is 19.5 Å².